The second-order valence-corrected chi connectivity index (χ2v) is 8.89. The lowest BCUT2D eigenvalue weighted by molar-refractivity contribution is -0.139. The van der Waals surface area contributed by atoms with Gasteiger partial charge in [-0.15, -0.1) is 0 Å². The van der Waals surface area contributed by atoms with Gasteiger partial charge < -0.3 is 14.4 Å². The second-order valence-electron chi connectivity index (χ2n) is 8.89. The van der Waals surface area contributed by atoms with Crippen molar-refractivity contribution >= 4 is 35.1 Å². The van der Waals surface area contributed by atoms with Crippen molar-refractivity contribution in [3.8, 4) is 11.5 Å². The van der Waals surface area contributed by atoms with Crippen LogP contribution in [0.2, 0.25) is 0 Å². The van der Waals surface area contributed by atoms with E-state index in [0.29, 0.717) is 36.6 Å². The van der Waals surface area contributed by atoms with Crippen LogP contribution in [-0.2, 0) is 19.2 Å². The monoisotopic (exact) mass is 474 g/mol. The lowest BCUT2D eigenvalue weighted by atomic mass is 9.85. The van der Waals surface area contributed by atoms with Crippen molar-refractivity contribution in [3.63, 3.8) is 0 Å². The molecule has 1 aliphatic carbocycles. The zero-order valence-corrected chi connectivity index (χ0v) is 19.4. The van der Waals surface area contributed by atoms with Gasteiger partial charge in [0.15, 0.2) is 0 Å². The minimum Gasteiger partial charge on any atom is -0.492 e. The van der Waals surface area contributed by atoms with Gasteiger partial charge in [-0.1, -0.05) is 30.4 Å². The molecule has 8 heteroatoms. The number of nitrogens with zero attached hydrogens (tertiary/aromatic N) is 2. The topological polar surface area (TPSA) is 93.2 Å². The SMILES string of the molecule is CCOc1ccccc1N1C[C@H](C(=O)Oc2cccc(N3C(=O)[C@H]4CC=CC[C@H]4C3=O)c2)CC1=O. The highest BCUT2D eigenvalue weighted by Gasteiger charge is 2.48. The summed E-state index contributed by atoms with van der Waals surface area (Å²) in [4.78, 5) is 54.1. The van der Waals surface area contributed by atoms with Crippen LogP contribution < -0.4 is 19.3 Å². The largest absolute Gasteiger partial charge is 0.492 e. The van der Waals surface area contributed by atoms with Gasteiger partial charge in [-0.3, -0.25) is 19.2 Å². The molecule has 0 unspecified atom stereocenters. The average Bonchev–Trinajstić information content (AvgIpc) is 3.37. The number of hydrogen-bond acceptors (Lipinski definition) is 6. The molecule has 180 valence electrons. The maximum Gasteiger partial charge on any atom is 0.316 e. The van der Waals surface area contributed by atoms with E-state index in [0.717, 1.165) is 0 Å². The first kappa shape index (κ1) is 22.8. The normalized spacial score (nSPS) is 23.6. The Morgan fingerprint density at radius 3 is 2.40 bits per heavy atom. The van der Waals surface area contributed by atoms with Crippen molar-refractivity contribution in [3.05, 3.63) is 60.7 Å². The smallest absolute Gasteiger partial charge is 0.316 e. The van der Waals surface area contributed by atoms with Crippen molar-refractivity contribution in [2.75, 3.05) is 23.0 Å². The Morgan fingerprint density at radius 1 is 0.971 bits per heavy atom. The van der Waals surface area contributed by atoms with Crippen molar-refractivity contribution in [1.29, 1.82) is 0 Å². The summed E-state index contributed by atoms with van der Waals surface area (Å²) in [6, 6.07) is 13.6. The molecule has 3 amide bonds. The minimum absolute atomic E-state index is 0.0262. The van der Waals surface area contributed by atoms with Crippen LogP contribution in [0.25, 0.3) is 0 Å². The number of allylic oxidation sites excluding steroid dienone is 2. The lowest BCUT2D eigenvalue weighted by Crippen LogP contribution is -2.31. The van der Waals surface area contributed by atoms with Gasteiger partial charge in [0.25, 0.3) is 0 Å². The first-order valence-electron chi connectivity index (χ1n) is 11.8. The molecule has 0 radical (unpaired) electrons. The fourth-order valence-electron chi connectivity index (χ4n) is 5.00. The molecule has 2 aliphatic heterocycles. The Bertz CT molecular complexity index is 1200. The molecule has 2 heterocycles. The van der Waals surface area contributed by atoms with Crippen molar-refractivity contribution in [2.45, 2.75) is 26.2 Å². The Balaban J connectivity index is 1.29. The molecule has 0 saturated carbocycles. The number of fused-ring (bicyclic) bond motifs is 1. The van der Waals surface area contributed by atoms with Gasteiger partial charge >= 0.3 is 5.97 Å². The third-order valence-corrected chi connectivity index (χ3v) is 6.72. The maximum absolute atomic E-state index is 12.9. The number of anilines is 2. The molecule has 2 aromatic rings. The fraction of sp³-hybridized carbons (Fsp3) is 0.333. The Kier molecular flexibility index (Phi) is 6.11. The number of hydrogen-bond donors (Lipinski definition) is 0. The van der Waals surface area contributed by atoms with E-state index in [4.69, 9.17) is 9.47 Å². The third-order valence-electron chi connectivity index (χ3n) is 6.72. The highest BCUT2D eigenvalue weighted by atomic mass is 16.5. The highest BCUT2D eigenvalue weighted by molar-refractivity contribution is 6.22. The zero-order valence-electron chi connectivity index (χ0n) is 19.4. The van der Waals surface area contributed by atoms with Gasteiger partial charge in [0.05, 0.1) is 35.7 Å². The van der Waals surface area contributed by atoms with Crippen LogP contribution in [0.4, 0.5) is 11.4 Å². The molecular weight excluding hydrogens is 448 g/mol. The molecule has 0 bridgehead atoms. The average molecular weight is 475 g/mol. The quantitative estimate of drug-likeness (QED) is 0.275. The molecule has 8 nitrogen and oxygen atoms in total. The van der Waals surface area contributed by atoms with Crippen LogP contribution in [0.5, 0.6) is 11.5 Å². The number of imide groups is 1. The molecule has 2 fully saturated rings. The van der Waals surface area contributed by atoms with E-state index in [1.807, 2.05) is 31.2 Å². The number of esters is 1. The van der Waals surface area contributed by atoms with Crippen LogP contribution >= 0.6 is 0 Å². The van der Waals surface area contributed by atoms with Gasteiger partial charge in [-0.25, -0.2) is 4.90 Å². The molecule has 0 aromatic heterocycles. The first-order valence-corrected chi connectivity index (χ1v) is 11.8. The van der Waals surface area contributed by atoms with Crippen LogP contribution in [-0.4, -0.2) is 36.8 Å². The Morgan fingerprint density at radius 2 is 1.69 bits per heavy atom. The number of ether oxygens (including phenoxy) is 2. The number of rotatable bonds is 6. The van der Waals surface area contributed by atoms with Crippen LogP contribution in [0.3, 0.4) is 0 Å². The molecule has 5 rings (SSSR count). The van der Waals surface area contributed by atoms with Gasteiger partial charge in [-0.2, -0.15) is 0 Å². The Labute approximate surface area is 203 Å². The van der Waals surface area contributed by atoms with Crippen LogP contribution in [0, 0.1) is 17.8 Å². The Hall–Kier alpha value is -3.94. The van der Waals surface area contributed by atoms with E-state index in [1.165, 1.54) is 11.0 Å². The summed E-state index contributed by atoms with van der Waals surface area (Å²) in [6.45, 7) is 2.51. The van der Waals surface area contributed by atoms with E-state index in [-0.39, 0.29) is 48.3 Å². The number of carbonyl (C=O) groups excluding carboxylic acids is 4. The second kappa shape index (κ2) is 9.37. The maximum atomic E-state index is 12.9. The summed E-state index contributed by atoms with van der Waals surface area (Å²) in [5.74, 6) is -1.69. The molecular formula is C27H26N2O6. The van der Waals surface area contributed by atoms with E-state index < -0.39 is 11.9 Å². The number of benzene rings is 2. The predicted molar refractivity (Wildman–Crippen MR) is 128 cm³/mol. The standard InChI is InChI=1S/C27H26N2O6/c1-2-34-23-13-6-5-12-22(23)28-16-17(14-24(28)30)27(33)35-19-9-7-8-18(15-19)29-25(31)20-10-3-4-11-21(20)26(29)32/h3-9,12-13,15,17,20-21H,2,10-11,14,16H2,1H3/t17-,20-,21+/m1/s1. The number of amides is 3. The van der Waals surface area contributed by atoms with Crippen LogP contribution in [0.15, 0.2) is 60.7 Å². The first-order chi connectivity index (χ1) is 17.0. The van der Waals surface area contributed by atoms with Gasteiger partial charge in [0.2, 0.25) is 17.7 Å². The predicted octanol–water partition coefficient (Wildman–Crippen LogP) is 3.50. The molecule has 3 atom stereocenters. The van der Waals surface area contributed by atoms with Crippen LogP contribution in [0.1, 0.15) is 26.2 Å². The van der Waals surface area contributed by atoms with E-state index in [1.54, 1.807) is 35.2 Å². The summed E-state index contributed by atoms with van der Waals surface area (Å²) in [6.07, 6.45) is 5.01. The summed E-state index contributed by atoms with van der Waals surface area (Å²) in [5, 5.41) is 0. The summed E-state index contributed by atoms with van der Waals surface area (Å²) in [7, 11) is 0. The van der Waals surface area contributed by atoms with Gasteiger partial charge in [0, 0.05) is 19.0 Å². The molecule has 35 heavy (non-hydrogen) atoms. The molecule has 2 saturated heterocycles. The summed E-state index contributed by atoms with van der Waals surface area (Å²) >= 11 is 0. The van der Waals surface area contributed by atoms with E-state index in [9.17, 15) is 19.2 Å². The van der Waals surface area contributed by atoms with E-state index >= 15 is 0 Å². The van der Waals surface area contributed by atoms with Gasteiger partial charge in [-0.05, 0) is 44.0 Å². The summed E-state index contributed by atoms with van der Waals surface area (Å²) < 4.78 is 11.2. The van der Waals surface area contributed by atoms with Crippen molar-refractivity contribution in [1.82, 2.24) is 0 Å². The van der Waals surface area contributed by atoms with Gasteiger partial charge in [0.1, 0.15) is 11.5 Å². The number of para-hydroxylation sites is 2. The van der Waals surface area contributed by atoms with E-state index in [2.05, 4.69) is 0 Å². The number of carbonyl (C=O) groups is 4. The fourth-order valence-corrected chi connectivity index (χ4v) is 5.00. The highest BCUT2D eigenvalue weighted by Crippen LogP contribution is 2.39. The minimum atomic E-state index is -0.648. The zero-order chi connectivity index (χ0) is 24.5. The summed E-state index contributed by atoms with van der Waals surface area (Å²) in [5.41, 5.74) is 1.01. The molecule has 2 aromatic carbocycles. The third kappa shape index (κ3) is 4.20. The van der Waals surface area contributed by atoms with Crippen molar-refractivity contribution in [2.24, 2.45) is 17.8 Å². The lowest BCUT2D eigenvalue weighted by Gasteiger charge is -2.20. The molecule has 3 aliphatic rings. The van der Waals surface area contributed by atoms with Crippen molar-refractivity contribution < 1.29 is 28.7 Å². The molecule has 0 spiro atoms. The molecule has 0 N–H and O–H groups in total.